The number of imidazole rings is 1. The lowest BCUT2D eigenvalue weighted by Gasteiger charge is -2.31. The van der Waals surface area contributed by atoms with E-state index >= 15 is 0 Å². The zero-order chi connectivity index (χ0) is 12.1. The predicted molar refractivity (Wildman–Crippen MR) is 77.0 cm³/mol. The molecule has 0 radical (unpaired) electrons. The number of hydrogen-bond acceptors (Lipinski definition) is 3. The SMILES string of the molecule is CCNCC1CCN(Cc2cncn2C)CC1.Cl. The molecular formula is C13H25ClN4. The van der Waals surface area contributed by atoms with Crippen LogP contribution in [0.3, 0.4) is 0 Å². The summed E-state index contributed by atoms with van der Waals surface area (Å²) in [7, 11) is 2.07. The van der Waals surface area contributed by atoms with Gasteiger partial charge < -0.3 is 9.88 Å². The largest absolute Gasteiger partial charge is 0.337 e. The number of piperidine rings is 1. The van der Waals surface area contributed by atoms with Crippen molar-refractivity contribution in [2.24, 2.45) is 13.0 Å². The molecule has 0 aliphatic carbocycles. The van der Waals surface area contributed by atoms with Crippen LogP contribution in [0.15, 0.2) is 12.5 Å². The van der Waals surface area contributed by atoms with Gasteiger partial charge >= 0.3 is 0 Å². The molecule has 1 aromatic heterocycles. The van der Waals surface area contributed by atoms with Gasteiger partial charge in [0.2, 0.25) is 0 Å². The first-order valence-electron chi connectivity index (χ1n) is 6.68. The zero-order valence-corrected chi connectivity index (χ0v) is 12.2. The summed E-state index contributed by atoms with van der Waals surface area (Å²) in [5.74, 6) is 0.873. The van der Waals surface area contributed by atoms with Gasteiger partial charge in [0.05, 0.1) is 12.0 Å². The number of rotatable bonds is 5. The van der Waals surface area contributed by atoms with Crippen molar-refractivity contribution in [3.63, 3.8) is 0 Å². The Kier molecular flexibility index (Phi) is 6.68. The highest BCUT2D eigenvalue weighted by molar-refractivity contribution is 5.85. The smallest absolute Gasteiger partial charge is 0.0945 e. The third-order valence-electron chi connectivity index (χ3n) is 3.69. The summed E-state index contributed by atoms with van der Waals surface area (Å²) in [5, 5.41) is 3.45. The Labute approximate surface area is 116 Å². The molecule has 5 heteroatoms. The average Bonchev–Trinajstić information content (AvgIpc) is 2.74. The molecule has 1 saturated heterocycles. The summed E-state index contributed by atoms with van der Waals surface area (Å²) in [5.41, 5.74) is 1.31. The van der Waals surface area contributed by atoms with Crippen molar-refractivity contribution < 1.29 is 0 Å². The Hall–Kier alpha value is -0.580. The standard InChI is InChI=1S/C13H24N4.ClH/c1-3-14-8-12-4-6-17(7-5-12)10-13-9-15-11-16(13)2;/h9,11-12,14H,3-8,10H2,1-2H3;1H. The average molecular weight is 273 g/mol. The summed E-state index contributed by atoms with van der Waals surface area (Å²) in [4.78, 5) is 6.71. The second kappa shape index (κ2) is 7.77. The van der Waals surface area contributed by atoms with Gasteiger partial charge in [-0.05, 0) is 44.9 Å². The van der Waals surface area contributed by atoms with Gasteiger partial charge in [0.25, 0.3) is 0 Å². The van der Waals surface area contributed by atoms with Crippen LogP contribution in [0.4, 0.5) is 0 Å². The number of nitrogens with zero attached hydrogens (tertiary/aromatic N) is 3. The van der Waals surface area contributed by atoms with Crippen molar-refractivity contribution in [3.8, 4) is 0 Å². The van der Waals surface area contributed by atoms with E-state index in [1.165, 1.54) is 38.2 Å². The van der Waals surface area contributed by atoms with Crippen molar-refractivity contribution >= 4 is 12.4 Å². The lowest BCUT2D eigenvalue weighted by atomic mass is 9.97. The second-order valence-electron chi connectivity index (χ2n) is 5.02. The van der Waals surface area contributed by atoms with Crippen molar-refractivity contribution in [3.05, 3.63) is 18.2 Å². The number of hydrogen-bond donors (Lipinski definition) is 1. The van der Waals surface area contributed by atoms with E-state index in [9.17, 15) is 0 Å². The first kappa shape index (κ1) is 15.5. The molecule has 2 rings (SSSR count). The molecular weight excluding hydrogens is 248 g/mol. The summed E-state index contributed by atoms with van der Waals surface area (Å²) < 4.78 is 2.12. The van der Waals surface area contributed by atoms with Crippen molar-refractivity contribution in [1.82, 2.24) is 19.8 Å². The third kappa shape index (κ3) is 4.26. The number of halogens is 1. The van der Waals surface area contributed by atoms with Crippen LogP contribution >= 0.6 is 12.4 Å². The minimum Gasteiger partial charge on any atom is -0.337 e. The van der Waals surface area contributed by atoms with E-state index in [1.54, 1.807) is 0 Å². The Morgan fingerprint density at radius 3 is 2.67 bits per heavy atom. The molecule has 1 aliphatic heterocycles. The predicted octanol–water partition coefficient (Wildman–Crippen LogP) is 1.66. The van der Waals surface area contributed by atoms with Gasteiger partial charge in [0.1, 0.15) is 0 Å². The van der Waals surface area contributed by atoms with Crippen LogP contribution in [0.25, 0.3) is 0 Å². The summed E-state index contributed by atoms with van der Waals surface area (Å²) in [6.07, 6.45) is 6.51. The Morgan fingerprint density at radius 1 is 1.39 bits per heavy atom. The quantitative estimate of drug-likeness (QED) is 0.885. The molecule has 2 heterocycles. The van der Waals surface area contributed by atoms with Crippen LogP contribution in [-0.4, -0.2) is 40.6 Å². The fourth-order valence-corrected chi connectivity index (χ4v) is 2.46. The first-order chi connectivity index (χ1) is 8.29. The van der Waals surface area contributed by atoms with Crippen LogP contribution in [0, 0.1) is 5.92 Å². The number of aromatic nitrogens is 2. The fraction of sp³-hybridized carbons (Fsp3) is 0.769. The van der Waals surface area contributed by atoms with Gasteiger partial charge in [-0.15, -0.1) is 12.4 Å². The highest BCUT2D eigenvalue weighted by Crippen LogP contribution is 2.18. The van der Waals surface area contributed by atoms with Gasteiger partial charge in [-0.25, -0.2) is 4.98 Å². The first-order valence-corrected chi connectivity index (χ1v) is 6.68. The van der Waals surface area contributed by atoms with E-state index in [0.717, 1.165) is 19.0 Å². The van der Waals surface area contributed by atoms with Gasteiger partial charge in [0, 0.05) is 19.8 Å². The van der Waals surface area contributed by atoms with E-state index in [2.05, 4.69) is 33.7 Å². The van der Waals surface area contributed by atoms with E-state index in [4.69, 9.17) is 0 Å². The number of nitrogens with one attached hydrogen (secondary N) is 1. The molecule has 1 N–H and O–H groups in total. The number of aryl methyl sites for hydroxylation is 1. The molecule has 0 atom stereocenters. The molecule has 0 saturated carbocycles. The normalized spacial score (nSPS) is 17.7. The number of likely N-dealkylation sites (tertiary alicyclic amines) is 1. The molecule has 18 heavy (non-hydrogen) atoms. The fourth-order valence-electron chi connectivity index (χ4n) is 2.46. The van der Waals surface area contributed by atoms with Crippen LogP contribution in [0.5, 0.6) is 0 Å². The van der Waals surface area contributed by atoms with Gasteiger partial charge in [0.15, 0.2) is 0 Å². The molecule has 1 fully saturated rings. The molecule has 104 valence electrons. The van der Waals surface area contributed by atoms with Gasteiger partial charge in [-0.1, -0.05) is 6.92 Å². The van der Waals surface area contributed by atoms with Crippen molar-refractivity contribution in [2.75, 3.05) is 26.2 Å². The van der Waals surface area contributed by atoms with Crippen LogP contribution in [0.1, 0.15) is 25.5 Å². The van der Waals surface area contributed by atoms with E-state index < -0.39 is 0 Å². The topological polar surface area (TPSA) is 33.1 Å². The summed E-state index contributed by atoms with van der Waals surface area (Å²) in [6, 6.07) is 0. The Morgan fingerprint density at radius 2 is 2.11 bits per heavy atom. The van der Waals surface area contributed by atoms with Crippen LogP contribution in [-0.2, 0) is 13.6 Å². The maximum atomic E-state index is 4.17. The molecule has 0 unspecified atom stereocenters. The minimum absolute atomic E-state index is 0. The molecule has 0 amide bonds. The molecule has 4 nitrogen and oxygen atoms in total. The highest BCUT2D eigenvalue weighted by Gasteiger charge is 2.19. The minimum atomic E-state index is 0. The van der Waals surface area contributed by atoms with Crippen LogP contribution in [0.2, 0.25) is 0 Å². The molecule has 0 aromatic carbocycles. The summed E-state index contributed by atoms with van der Waals surface area (Å²) in [6.45, 7) is 7.95. The van der Waals surface area contributed by atoms with E-state index in [0.29, 0.717) is 0 Å². The Balaban J connectivity index is 0.00000162. The van der Waals surface area contributed by atoms with E-state index in [1.807, 2.05) is 12.5 Å². The third-order valence-corrected chi connectivity index (χ3v) is 3.69. The summed E-state index contributed by atoms with van der Waals surface area (Å²) >= 11 is 0. The molecule has 1 aliphatic rings. The monoisotopic (exact) mass is 272 g/mol. The van der Waals surface area contributed by atoms with Gasteiger partial charge in [-0.2, -0.15) is 0 Å². The maximum Gasteiger partial charge on any atom is 0.0945 e. The zero-order valence-electron chi connectivity index (χ0n) is 11.4. The molecule has 0 bridgehead atoms. The van der Waals surface area contributed by atoms with Crippen molar-refractivity contribution in [2.45, 2.75) is 26.3 Å². The molecule has 1 aromatic rings. The lowest BCUT2D eigenvalue weighted by molar-refractivity contribution is 0.173. The lowest BCUT2D eigenvalue weighted by Crippen LogP contribution is -2.37. The van der Waals surface area contributed by atoms with Crippen LogP contribution < -0.4 is 5.32 Å². The highest BCUT2D eigenvalue weighted by atomic mass is 35.5. The second-order valence-corrected chi connectivity index (χ2v) is 5.02. The maximum absolute atomic E-state index is 4.17. The van der Waals surface area contributed by atoms with Crippen molar-refractivity contribution in [1.29, 1.82) is 0 Å². The van der Waals surface area contributed by atoms with E-state index in [-0.39, 0.29) is 12.4 Å². The van der Waals surface area contributed by atoms with Gasteiger partial charge in [-0.3, -0.25) is 4.90 Å². The molecule has 0 spiro atoms. The Bertz CT molecular complexity index is 331.